The van der Waals surface area contributed by atoms with E-state index in [0.717, 1.165) is 48.9 Å². The number of ether oxygens (including phenoxy) is 4. The summed E-state index contributed by atoms with van der Waals surface area (Å²) in [6, 6.07) is 17.3. The van der Waals surface area contributed by atoms with E-state index < -0.39 is 0 Å². The zero-order chi connectivity index (χ0) is 23.8. The van der Waals surface area contributed by atoms with Crippen LogP contribution in [0.5, 0.6) is 23.0 Å². The molecule has 2 aliphatic rings. The monoisotopic (exact) mass is 457 g/mol. The van der Waals surface area contributed by atoms with Crippen LogP contribution in [0.3, 0.4) is 0 Å². The molecule has 0 aliphatic carbocycles. The van der Waals surface area contributed by atoms with E-state index in [1.165, 1.54) is 44.7 Å². The smallest absolute Gasteiger partial charge is 0.166 e. The summed E-state index contributed by atoms with van der Waals surface area (Å²) >= 11 is 0. The van der Waals surface area contributed by atoms with Gasteiger partial charge in [0, 0.05) is 36.3 Å². The van der Waals surface area contributed by atoms with Crippen molar-refractivity contribution in [1.29, 1.82) is 0 Å². The molecule has 3 aromatic rings. The van der Waals surface area contributed by atoms with Crippen molar-refractivity contribution in [2.45, 2.75) is 26.3 Å². The number of aryl methyl sites for hydroxylation is 1. The summed E-state index contributed by atoms with van der Waals surface area (Å²) in [5.41, 5.74) is 9.99. The summed E-state index contributed by atoms with van der Waals surface area (Å²) < 4.78 is 22.8. The molecule has 0 radical (unpaired) electrons. The number of allylic oxidation sites excluding steroid dienone is 1. The molecule has 0 fully saturated rings. The Kier molecular flexibility index (Phi) is 5.86. The molecular weight excluding hydrogens is 426 g/mol. The molecular formula is C29H31NO4. The van der Waals surface area contributed by atoms with Crippen molar-refractivity contribution in [2.75, 3.05) is 35.0 Å². The van der Waals surface area contributed by atoms with E-state index in [4.69, 9.17) is 18.9 Å². The van der Waals surface area contributed by atoms with Crippen molar-refractivity contribution >= 4 is 11.3 Å². The SMILES string of the molecule is COc1cc2c(cc1OC)C1=C(Cc3ccc(C)cc3)c3ccc(OC)c(OC)c3CN1CC2. The molecule has 0 saturated carbocycles. The third-order valence-electron chi connectivity index (χ3n) is 6.94. The van der Waals surface area contributed by atoms with Crippen LogP contribution in [0, 0.1) is 6.92 Å². The second-order valence-electron chi connectivity index (χ2n) is 8.85. The molecule has 0 atom stereocenters. The van der Waals surface area contributed by atoms with Gasteiger partial charge >= 0.3 is 0 Å². The highest BCUT2D eigenvalue weighted by Gasteiger charge is 2.33. The molecule has 5 nitrogen and oxygen atoms in total. The number of nitrogens with zero attached hydrogens (tertiary/aromatic N) is 1. The fraction of sp³-hybridized carbons (Fsp3) is 0.310. The van der Waals surface area contributed by atoms with Crippen molar-refractivity contribution in [1.82, 2.24) is 4.90 Å². The van der Waals surface area contributed by atoms with Gasteiger partial charge in [-0.3, -0.25) is 0 Å². The Morgan fingerprint density at radius 2 is 1.47 bits per heavy atom. The Morgan fingerprint density at radius 3 is 2.15 bits per heavy atom. The van der Waals surface area contributed by atoms with Crippen LogP contribution in [-0.4, -0.2) is 39.9 Å². The lowest BCUT2D eigenvalue weighted by Gasteiger charge is -2.40. The molecule has 0 N–H and O–H groups in total. The highest BCUT2D eigenvalue weighted by Crippen LogP contribution is 2.48. The summed E-state index contributed by atoms with van der Waals surface area (Å²) in [5.74, 6) is 3.11. The van der Waals surface area contributed by atoms with Crippen LogP contribution in [0.25, 0.3) is 11.3 Å². The molecule has 5 heteroatoms. The normalized spacial score (nSPS) is 14.2. The molecule has 5 rings (SSSR count). The van der Waals surface area contributed by atoms with Crippen molar-refractivity contribution in [3.63, 3.8) is 0 Å². The van der Waals surface area contributed by atoms with E-state index in [9.17, 15) is 0 Å². The molecule has 0 spiro atoms. The molecule has 176 valence electrons. The summed E-state index contributed by atoms with van der Waals surface area (Å²) in [7, 11) is 6.80. The molecule has 2 heterocycles. The first-order valence-electron chi connectivity index (χ1n) is 11.6. The van der Waals surface area contributed by atoms with Crippen LogP contribution in [-0.2, 0) is 19.4 Å². The first-order valence-corrected chi connectivity index (χ1v) is 11.6. The molecule has 0 saturated heterocycles. The fourth-order valence-electron chi connectivity index (χ4n) is 5.24. The molecule has 0 bridgehead atoms. The summed E-state index contributed by atoms with van der Waals surface area (Å²) in [6.07, 6.45) is 1.76. The van der Waals surface area contributed by atoms with Crippen molar-refractivity contribution in [3.05, 3.63) is 81.9 Å². The maximum absolute atomic E-state index is 5.85. The second kappa shape index (κ2) is 8.98. The number of rotatable bonds is 6. The van der Waals surface area contributed by atoms with Gasteiger partial charge in [0.05, 0.1) is 28.4 Å². The molecule has 2 aliphatic heterocycles. The minimum absolute atomic E-state index is 0.753. The third kappa shape index (κ3) is 3.65. The summed E-state index contributed by atoms with van der Waals surface area (Å²) in [4.78, 5) is 2.47. The summed E-state index contributed by atoms with van der Waals surface area (Å²) in [6.45, 7) is 3.82. The molecule has 0 amide bonds. The lowest BCUT2D eigenvalue weighted by Crippen LogP contribution is -2.33. The highest BCUT2D eigenvalue weighted by atomic mass is 16.5. The van der Waals surface area contributed by atoms with Crippen LogP contribution in [0.4, 0.5) is 0 Å². The van der Waals surface area contributed by atoms with Crippen molar-refractivity contribution in [3.8, 4) is 23.0 Å². The van der Waals surface area contributed by atoms with Crippen LogP contribution in [0.2, 0.25) is 0 Å². The lowest BCUT2D eigenvalue weighted by atomic mass is 9.82. The average molecular weight is 458 g/mol. The second-order valence-corrected chi connectivity index (χ2v) is 8.85. The average Bonchev–Trinajstić information content (AvgIpc) is 2.87. The first-order chi connectivity index (χ1) is 16.6. The van der Waals surface area contributed by atoms with E-state index in [-0.39, 0.29) is 0 Å². The molecule has 34 heavy (non-hydrogen) atoms. The van der Waals surface area contributed by atoms with E-state index in [2.05, 4.69) is 54.3 Å². The standard InChI is InChI=1S/C29H31NO4/c1-18-6-8-19(9-7-18)14-23-21-10-11-25(31-2)29(34-5)24(21)17-30-13-12-20-15-26(32-3)27(33-4)16-22(20)28(23)30/h6-11,15-16H,12-14,17H2,1-5H3. The maximum Gasteiger partial charge on any atom is 0.166 e. The van der Waals surface area contributed by atoms with Crippen LogP contribution in [0.15, 0.2) is 48.5 Å². The summed E-state index contributed by atoms with van der Waals surface area (Å²) in [5, 5.41) is 0. The van der Waals surface area contributed by atoms with E-state index in [1.54, 1.807) is 28.4 Å². The maximum atomic E-state index is 5.85. The van der Waals surface area contributed by atoms with E-state index in [0.29, 0.717) is 0 Å². The number of benzene rings is 3. The van der Waals surface area contributed by atoms with E-state index >= 15 is 0 Å². The molecule has 3 aromatic carbocycles. The molecule has 0 aromatic heterocycles. The van der Waals surface area contributed by atoms with Gasteiger partial charge in [0.15, 0.2) is 23.0 Å². The van der Waals surface area contributed by atoms with E-state index in [1.807, 2.05) is 6.07 Å². The lowest BCUT2D eigenvalue weighted by molar-refractivity contribution is 0.332. The van der Waals surface area contributed by atoms with Gasteiger partial charge in [-0.25, -0.2) is 0 Å². The van der Waals surface area contributed by atoms with Crippen LogP contribution >= 0.6 is 0 Å². The van der Waals surface area contributed by atoms with Crippen LogP contribution < -0.4 is 18.9 Å². The van der Waals surface area contributed by atoms with Crippen molar-refractivity contribution < 1.29 is 18.9 Å². The predicted octanol–water partition coefficient (Wildman–Crippen LogP) is 5.51. The topological polar surface area (TPSA) is 40.2 Å². The Balaban J connectivity index is 1.77. The van der Waals surface area contributed by atoms with Gasteiger partial charge in [-0.05, 0) is 53.8 Å². The largest absolute Gasteiger partial charge is 0.493 e. The fourth-order valence-corrected chi connectivity index (χ4v) is 5.24. The van der Waals surface area contributed by atoms with Gasteiger partial charge in [-0.2, -0.15) is 0 Å². The van der Waals surface area contributed by atoms with Gasteiger partial charge < -0.3 is 23.8 Å². The Labute approximate surface area is 201 Å². The predicted molar refractivity (Wildman–Crippen MR) is 135 cm³/mol. The minimum atomic E-state index is 0.753. The Morgan fingerprint density at radius 1 is 0.765 bits per heavy atom. The number of methoxy groups -OCH3 is 4. The van der Waals surface area contributed by atoms with Gasteiger partial charge in [0.25, 0.3) is 0 Å². The zero-order valence-corrected chi connectivity index (χ0v) is 20.5. The van der Waals surface area contributed by atoms with Gasteiger partial charge in [-0.15, -0.1) is 0 Å². The minimum Gasteiger partial charge on any atom is -0.493 e. The third-order valence-corrected chi connectivity index (χ3v) is 6.94. The number of hydrogen-bond donors (Lipinski definition) is 0. The van der Waals surface area contributed by atoms with Gasteiger partial charge in [-0.1, -0.05) is 35.9 Å². The van der Waals surface area contributed by atoms with Crippen LogP contribution in [0.1, 0.15) is 33.4 Å². The van der Waals surface area contributed by atoms with Gasteiger partial charge in [0.1, 0.15) is 0 Å². The Bertz CT molecular complexity index is 1260. The van der Waals surface area contributed by atoms with Crippen molar-refractivity contribution in [2.24, 2.45) is 0 Å². The zero-order valence-electron chi connectivity index (χ0n) is 20.5. The number of fused-ring (bicyclic) bond motifs is 4. The number of hydrogen-bond acceptors (Lipinski definition) is 5. The quantitative estimate of drug-likeness (QED) is 0.488. The first kappa shape index (κ1) is 22.2. The molecule has 0 unspecified atom stereocenters. The Hall–Kier alpha value is -3.60. The highest BCUT2D eigenvalue weighted by molar-refractivity contribution is 5.96. The van der Waals surface area contributed by atoms with Gasteiger partial charge in [0.2, 0.25) is 0 Å².